The second-order valence-corrected chi connectivity index (χ2v) is 7.05. The molecule has 0 aliphatic carbocycles. The van der Waals surface area contributed by atoms with Gasteiger partial charge in [0, 0.05) is 36.4 Å². The smallest absolute Gasteiger partial charge is 0.122 e. The Morgan fingerprint density at radius 2 is 2.05 bits per heavy atom. The Labute approximate surface area is 123 Å². The van der Waals surface area contributed by atoms with Crippen LogP contribution in [0.3, 0.4) is 0 Å². The number of phenolic OH excluding ortho intramolecular Hbond substituents is 1. The van der Waals surface area contributed by atoms with Gasteiger partial charge in [-0.05, 0) is 37.8 Å². The molecular formula is C17H28N2O. The van der Waals surface area contributed by atoms with E-state index in [1.54, 1.807) is 0 Å². The van der Waals surface area contributed by atoms with E-state index < -0.39 is 0 Å². The van der Waals surface area contributed by atoms with Crippen LogP contribution in [0.2, 0.25) is 0 Å². The summed E-state index contributed by atoms with van der Waals surface area (Å²) < 4.78 is 0. The molecule has 0 saturated carbocycles. The van der Waals surface area contributed by atoms with Crippen LogP contribution in [0.15, 0.2) is 18.2 Å². The highest BCUT2D eigenvalue weighted by atomic mass is 16.3. The highest BCUT2D eigenvalue weighted by molar-refractivity contribution is 5.54. The van der Waals surface area contributed by atoms with Crippen LogP contribution in [-0.4, -0.2) is 25.2 Å². The van der Waals surface area contributed by atoms with Crippen LogP contribution in [0.5, 0.6) is 5.75 Å². The molecule has 2 N–H and O–H groups in total. The normalized spacial score (nSPS) is 21.2. The van der Waals surface area contributed by atoms with Gasteiger partial charge in [0.1, 0.15) is 5.75 Å². The summed E-state index contributed by atoms with van der Waals surface area (Å²) >= 11 is 0. The molecule has 1 heterocycles. The van der Waals surface area contributed by atoms with E-state index >= 15 is 0 Å². The zero-order chi connectivity index (χ0) is 14.9. The molecule has 0 aromatic heterocycles. The molecule has 0 amide bonds. The summed E-state index contributed by atoms with van der Waals surface area (Å²) in [7, 11) is 1.91. The molecule has 0 bridgehead atoms. The van der Waals surface area contributed by atoms with Crippen LogP contribution in [0.1, 0.15) is 45.7 Å². The molecule has 0 spiro atoms. The summed E-state index contributed by atoms with van der Waals surface area (Å²) in [5.41, 5.74) is 2.46. The maximum Gasteiger partial charge on any atom is 0.122 e. The van der Waals surface area contributed by atoms with Crippen molar-refractivity contribution in [3.63, 3.8) is 0 Å². The van der Waals surface area contributed by atoms with Gasteiger partial charge in [-0.2, -0.15) is 0 Å². The fourth-order valence-corrected chi connectivity index (χ4v) is 2.95. The van der Waals surface area contributed by atoms with E-state index in [2.05, 4.69) is 44.0 Å². The number of hydrogen-bond acceptors (Lipinski definition) is 3. The molecule has 2 unspecified atom stereocenters. The second kappa shape index (κ2) is 5.65. The van der Waals surface area contributed by atoms with Gasteiger partial charge in [0.15, 0.2) is 0 Å². The Bertz CT molecular complexity index is 465. The first kappa shape index (κ1) is 15.2. The number of hydrogen-bond donors (Lipinski definition) is 2. The van der Waals surface area contributed by atoms with Crippen molar-refractivity contribution in [2.45, 2.75) is 40.2 Å². The molecule has 3 heteroatoms. The number of rotatable bonds is 3. The number of aromatic hydroxyl groups is 1. The van der Waals surface area contributed by atoms with E-state index in [-0.39, 0.29) is 6.04 Å². The average Bonchev–Trinajstić information content (AvgIpc) is 2.87. The second-order valence-electron chi connectivity index (χ2n) is 7.05. The van der Waals surface area contributed by atoms with E-state index in [1.165, 1.54) is 6.42 Å². The van der Waals surface area contributed by atoms with E-state index in [0.29, 0.717) is 11.2 Å². The molecule has 112 valence electrons. The summed E-state index contributed by atoms with van der Waals surface area (Å²) in [5, 5.41) is 13.4. The maximum absolute atomic E-state index is 10.2. The van der Waals surface area contributed by atoms with Crippen molar-refractivity contribution in [3.8, 4) is 5.75 Å². The van der Waals surface area contributed by atoms with Crippen molar-refractivity contribution in [2.24, 2.45) is 11.3 Å². The Morgan fingerprint density at radius 3 is 2.55 bits per heavy atom. The number of nitrogens with one attached hydrogen (secondary N) is 1. The van der Waals surface area contributed by atoms with Gasteiger partial charge in [-0.3, -0.25) is 0 Å². The summed E-state index contributed by atoms with van der Waals surface area (Å²) in [6.45, 7) is 11.2. The van der Waals surface area contributed by atoms with Gasteiger partial charge >= 0.3 is 0 Å². The molecule has 1 aliphatic heterocycles. The standard InChI is InChI=1S/C17H28N2O/c1-12(18-5)15-7-6-14(10-16(15)20)19-9-8-13(11-19)17(2,3)4/h6-7,10,12-13,18,20H,8-9,11H2,1-5H3. The molecular weight excluding hydrogens is 248 g/mol. The SMILES string of the molecule is CNC(C)c1ccc(N2CCC(C(C)(C)C)C2)cc1O. The van der Waals surface area contributed by atoms with Gasteiger partial charge in [0.2, 0.25) is 0 Å². The predicted molar refractivity (Wildman–Crippen MR) is 85.4 cm³/mol. The Morgan fingerprint density at radius 1 is 1.35 bits per heavy atom. The first-order chi connectivity index (χ1) is 9.32. The van der Waals surface area contributed by atoms with Crippen LogP contribution >= 0.6 is 0 Å². The van der Waals surface area contributed by atoms with Crippen molar-refractivity contribution in [2.75, 3.05) is 25.0 Å². The van der Waals surface area contributed by atoms with E-state index in [4.69, 9.17) is 0 Å². The monoisotopic (exact) mass is 276 g/mol. The van der Waals surface area contributed by atoms with Gasteiger partial charge in [-0.25, -0.2) is 0 Å². The third-order valence-corrected chi connectivity index (χ3v) is 4.69. The van der Waals surface area contributed by atoms with Gasteiger partial charge in [0.05, 0.1) is 0 Å². The molecule has 1 aromatic rings. The van der Waals surface area contributed by atoms with Crippen molar-refractivity contribution in [1.82, 2.24) is 5.32 Å². The maximum atomic E-state index is 10.2. The molecule has 1 aromatic carbocycles. The highest BCUT2D eigenvalue weighted by Gasteiger charge is 2.32. The lowest BCUT2D eigenvalue weighted by molar-refractivity contribution is 0.263. The molecule has 0 radical (unpaired) electrons. The van der Waals surface area contributed by atoms with Crippen LogP contribution in [0.4, 0.5) is 5.69 Å². The number of nitrogens with zero attached hydrogens (tertiary/aromatic N) is 1. The fraction of sp³-hybridized carbons (Fsp3) is 0.647. The minimum absolute atomic E-state index is 0.171. The Kier molecular flexibility index (Phi) is 4.28. The first-order valence-corrected chi connectivity index (χ1v) is 7.58. The van der Waals surface area contributed by atoms with E-state index in [9.17, 15) is 5.11 Å². The zero-order valence-corrected chi connectivity index (χ0v) is 13.4. The lowest BCUT2D eigenvalue weighted by Crippen LogP contribution is -2.25. The van der Waals surface area contributed by atoms with Gasteiger partial charge < -0.3 is 15.3 Å². The molecule has 1 saturated heterocycles. The third kappa shape index (κ3) is 3.09. The lowest BCUT2D eigenvalue weighted by Gasteiger charge is -2.27. The van der Waals surface area contributed by atoms with Gasteiger partial charge in [-0.15, -0.1) is 0 Å². The molecule has 2 atom stereocenters. The van der Waals surface area contributed by atoms with Gasteiger partial charge in [0.25, 0.3) is 0 Å². The highest BCUT2D eigenvalue weighted by Crippen LogP contribution is 2.37. The van der Waals surface area contributed by atoms with Crippen molar-refractivity contribution >= 4 is 5.69 Å². The van der Waals surface area contributed by atoms with Crippen LogP contribution in [-0.2, 0) is 0 Å². The number of anilines is 1. The van der Waals surface area contributed by atoms with Crippen LogP contribution in [0.25, 0.3) is 0 Å². The summed E-state index contributed by atoms with van der Waals surface area (Å²) in [6.07, 6.45) is 1.24. The number of phenols is 1. The van der Waals surface area contributed by atoms with Crippen LogP contribution in [0, 0.1) is 11.3 Å². The van der Waals surface area contributed by atoms with Crippen molar-refractivity contribution < 1.29 is 5.11 Å². The minimum atomic E-state index is 0.171. The summed E-state index contributed by atoms with van der Waals surface area (Å²) in [6, 6.07) is 6.25. The molecule has 20 heavy (non-hydrogen) atoms. The Balaban J connectivity index is 2.14. The largest absolute Gasteiger partial charge is 0.508 e. The third-order valence-electron chi connectivity index (χ3n) is 4.69. The van der Waals surface area contributed by atoms with Crippen molar-refractivity contribution in [3.05, 3.63) is 23.8 Å². The van der Waals surface area contributed by atoms with Gasteiger partial charge in [-0.1, -0.05) is 26.8 Å². The topological polar surface area (TPSA) is 35.5 Å². The Hall–Kier alpha value is -1.22. The zero-order valence-electron chi connectivity index (χ0n) is 13.4. The van der Waals surface area contributed by atoms with E-state index in [1.807, 2.05) is 19.2 Å². The van der Waals surface area contributed by atoms with Crippen LogP contribution < -0.4 is 10.2 Å². The predicted octanol–water partition coefficient (Wildman–Crippen LogP) is 3.55. The lowest BCUT2D eigenvalue weighted by atomic mass is 9.80. The fourth-order valence-electron chi connectivity index (χ4n) is 2.95. The molecule has 2 rings (SSSR count). The first-order valence-electron chi connectivity index (χ1n) is 7.58. The molecule has 1 fully saturated rings. The quantitative estimate of drug-likeness (QED) is 0.886. The summed E-state index contributed by atoms with van der Waals surface area (Å²) in [5.74, 6) is 1.11. The van der Waals surface area contributed by atoms with Crippen molar-refractivity contribution in [1.29, 1.82) is 0 Å². The number of benzene rings is 1. The molecule has 1 aliphatic rings. The minimum Gasteiger partial charge on any atom is -0.508 e. The summed E-state index contributed by atoms with van der Waals surface area (Å²) in [4.78, 5) is 2.39. The average molecular weight is 276 g/mol. The van der Waals surface area contributed by atoms with E-state index in [0.717, 1.165) is 30.3 Å². The molecule has 3 nitrogen and oxygen atoms in total.